The molecule has 0 N–H and O–H groups in total. The third kappa shape index (κ3) is 5.13. The first-order valence-corrected chi connectivity index (χ1v) is 13.4. The second kappa shape index (κ2) is 11.3. The Hall–Kier alpha value is -4.14. The SMILES string of the molecule is CCOC(=O)C1=C(c2ccccc2)N=c2s/c(=C/c3ccc(OC)c(Cl)c3)c(=O)n2[C@@H]1c1ccc(OC)cc1. The van der Waals surface area contributed by atoms with Crippen LogP contribution in [-0.4, -0.2) is 31.4 Å². The Bertz CT molecular complexity index is 1740. The Morgan fingerprint density at radius 2 is 1.79 bits per heavy atom. The van der Waals surface area contributed by atoms with Gasteiger partial charge < -0.3 is 14.2 Å². The van der Waals surface area contributed by atoms with E-state index in [0.717, 1.165) is 16.7 Å². The predicted octanol–water partition coefficient (Wildman–Crippen LogP) is 4.61. The van der Waals surface area contributed by atoms with Gasteiger partial charge in [0.15, 0.2) is 4.80 Å². The highest BCUT2D eigenvalue weighted by molar-refractivity contribution is 7.07. The molecular weight excluding hydrogens is 536 g/mol. The van der Waals surface area contributed by atoms with Gasteiger partial charge in [0, 0.05) is 5.56 Å². The number of benzene rings is 3. The number of thiazole rings is 1. The summed E-state index contributed by atoms with van der Waals surface area (Å²) >= 11 is 7.57. The van der Waals surface area contributed by atoms with Crippen molar-refractivity contribution in [3.8, 4) is 11.5 Å². The summed E-state index contributed by atoms with van der Waals surface area (Å²) in [6.45, 7) is 1.93. The van der Waals surface area contributed by atoms with Gasteiger partial charge in [0.2, 0.25) is 0 Å². The lowest BCUT2D eigenvalue weighted by Gasteiger charge is -2.26. The Morgan fingerprint density at radius 1 is 1.05 bits per heavy atom. The van der Waals surface area contributed by atoms with E-state index in [2.05, 4.69) is 0 Å². The molecule has 0 saturated heterocycles. The number of carbonyl (C=O) groups is 1. The molecule has 5 rings (SSSR count). The molecule has 0 unspecified atom stereocenters. The van der Waals surface area contributed by atoms with Crippen LogP contribution in [0.2, 0.25) is 5.02 Å². The number of nitrogens with zero attached hydrogens (tertiary/aromatic N) is 2. The number of esters is 1. The molecule has 198 valence electrons. The van der Waals surface area contributed by atoms with Gasteiger partial charge in [0.25, 0.3) is 5.56 Å². The van der Waals surface area contributed by atoms with E-state index in [-0.39, 0.29) is 12.2 Å². The van der Waals surface area contributed by atoms with Crippen molar-refractivity contribution in [3.63, 3.8) is 0 Å². The fraction of sp³-hybridized carbons (Fsp3) is 0.167. The average molecular weight is 561 g/mol. The van der Waals surface area contributed by atoms with Gasteiger partial charge in [-0.25, -0.2) is 9.79 Å². The lowest BCUT2D eigenvalue weighted by Crippen LogP contribution is -2.40. The van der Waals surface area contributed by atoms with Crippen LogP contribution in [0.5, 0.6) is 11.5 Å². The maximum atomic E-state index is 13.9. The Kier molecular flexibility index (Phi) is 7.67. The van der Waals surface area contributed by atoms with Crippen molar-refractivity contribution in [2.45, 2.75) is 13.0 Å². The summed E-state index contributed by atoms with van der Waals surface area (Å²) in [5, 5.41) is 0.436. The molecule has 4 aromatic rings. The third-order valence-corrected chi connectivity index (χ3v) is 7.56. The molecule has 1 aliphatic rings. The van der Waals surface area contributed by atoms with Gasteiger partial charge in [-0.2, -0.15) is 0 Å². The largest absolute Gasteiger partial charge is 0.497 e. The molecule has 0 radical (unpaired) electrons. The molecular formula is C30H25ClN2O5S. The molecule has 1 aliphatic heterocycles. The van der Waals surface area contributed by atoms with Crippen LogP contribution in [0.4, 0.5) is 0 Å². The van der Waals surface area contributed by atoms with Crippen LogP contribution in [0.15, 0.2) is 88.2 Å². The van der Waals surface area contributed by atoms with Gasteiger partial charge in [0.05, 0.1) is 47.7 Å². The average Bonchev–Trinajstić information content (AvgIpc) is 3.27. The maximum absolute atomic E-state index is 13.9. The topological polar surface area (TPSA) is 79.1 Å². The Labute approximate surface area is 233 Å². The number of ether oxygens (including phenoxy) is 3. The minimum absolute atomic E-state index is 0.183. The number of aromatic nitrogens is 1. The zero-order chi connectivity index (χ0) is 27.5. The molecule has 0 saturated carbocycles. The number of fused-ring (bicyclic) bond motifs is 1. The molecule has 9 heteroatoms. The van der Waals surface area contributed by atoms with Crippen molar-refractivity contribution in [2.24, 2.45) is 4.99 Å². The number of methoxy groups -OCH3 is 2. The van der Waals surface area contributed by atoms with E-state index in [4.69, 9.17) is 30.8 Å². The first-order valence-electron chi connectivity index (χ1n) is 12.2. The van der Waals surface area contributed by atoms with E-state index < -0.39 is 12.0 Å². The van der Waals surface area contributed by atoms with Crippen molar-refractivity contribution in [1.82, 2.24) is 4.57 Å². The monoisotopic (exact) mass is 560 g/mol. The quantitative estimate of drug-likeness (QED) is 0.309. The standard InChI is InChI=1S/C30H25ClN2O5S/c1-4-38-29(35)25-26(19-8-6-5-7-9-19)32-30-33(27(25)20-11-13-21(36-2)14-12-20)28(34)24(39-30)17-18-10-15-23(37-3)22(31)16-18/h5-17,27H,4H2,1-3H3/b24-17+/t27-/m1/s1. The minimum Gasteiger partial charge on any atom is -0.497 e. The van der Waals surface area contributed by atoms with Crippen LogP contribution in [0.1, 0.15) is 29.7 Å². The lowest BCUT2D eigenvalue weighted by atomic mass is 9.93. The van der Waals surface area contributed by atoms with Gasteiger partial charge in [-0.05, 0) is 48.4 Å². The van der Waals surface area contributed by atoms with E-state index in [1.165, 1.54) is 11.3 Å². The van der Waals surface area contributed by atoms with Crippen molar-refractivity contribution in [2.75, 3.05) is 20.8 Å². The molecule has 2 heterocycles. The van der Waals surface area contributed by atoms with Crippen LogP contribution in [0.25, 0.3) is 11.8 Å². The summed E-state index contributed by atoms with van der Waals surface area (Å²) in [6, 6.07) is 21.3. The van der Waals surface area contributed by atoms with Gasteiger partial charge in [-0.3, -0.25) is 9.36 Å². The van der Waals surface area contributed by atoms with Crippen LogP contribution < -0.4 is 24.4 Å². The summed E-state index contributed by atoms with van der Waals surface area (Å²) in [5.41, 5.74) is 2.69. The molecule has 1 atom stereocenters. The van der Waals surface area contributed by atoms with E-state index >= 15 is 0 Å². The maximum Gasteiger partial charge on any atom is 0.338 e. The van der Waals surface area contributed by atoms with E-state index in [1.807, 2.05) is 48.5 Å². The van der Waals surface area contributed by atoms with Crippen molar-refractivity contribution in [1.29, 1.82) is 0 Å². The fourth-order valence-electron chi connectivity index (χ4n) is 4.47. The first-order chi connectivity index (χ1) is 18.9. The van der Waals surface area contributed by atoms with Crippen molar-refractivity contribution < 1.29 is 19.0 Å². The zero-order valence-corrected chi connectivity index (χ0v) is 23.1. The van der Waals surface area contributed by atoms with E-state index in [9.17, 15) is 9.59 Å². The molecule has 3 aromatic carbocycles. The number of halogens is 1. The number of carbonyl (C=O) groups excluding carboxylic acids is 1. The molecule has 0 spiro atoms. The van der Waals surface area contributed by atoms with Gasteiger partial charge >= 0.3 is 5.97 Å². The highest BCUT2D eigenvalue weighted by Crippen LogP contribution is 2.35. The number of hydrogen-bond donors (Lipinski definition) is 0. The summed E-state index contributed by atoms with van der Waals surface area (Å²) in [4.78, 5) is 32.7. The van der Waals surface area contributed by atoms with Gasteiger partial charge in [0.1, 0.15) is 11.5 Å². The first kappa shape index (κ1) is 26.5. The second-order valence-corrected chi connectivity index (χ2v) is 10.0. The summed E-state index contributed by atoms with van der Waals surface area (Å²) in [5.74, 6) is 0.672. The minimum atomic E-state index is -0.761. The number of hydrogen-bond acceptors (Lipinski definition) is 7. The highest BCUT2D eigenvalue weighted by atomic mass is 35.5. The van der Waals surface area contributed by atoms with Crippen LogP contribution in [-0.2, 0) is 9.53 Å². The van der Waals surface area contributed by atoms with Gasteiger partial charge in [-0.15, -0.1) is 0 Å². The molecule has 1 aromatic heterocycles. The molecule has 7 nitrogen and oxygen atoms in total. The summed E-state index contributed by atoms with van der Waals surface area (Å²) in [6.07, 6.45) is 1.76. The Balaban J connectivity index is 1.79. The summed E-state index contributed by atoms with van der Waals surface area (Å²) in [7, 11) is 3.13. The highest BCUT2D eigenvalue weighted by Gasteiger charge is 2.35. The molecule has 0 bridgehead atoms. The summed E-state index contributed by atoms with van der Waals surface area (Å²) < 4.78 is 18.1. The number of rotatable bonds is 7. The fourth-order valence-corrected chi connectivity index (χ4v) is 5.73. The molecule has 39 heavy (non-hydrogen) atoms. The predicted molar refractivity (Wildman–Crippen MR) is 152 cm³/mol. The third-order valence-electron chi connectivity index (χ3n) is 6.28. The smallest absolute Gasteiger partial charge is 0.338 e. The van der Waals surface area contributed by atoms with Crippen molar-refractivity contribution >= 4 is 40.7 Å². The van der Waals surface area contributed by atoms with Crippen molar-refractivity contribution in [3.05, 3.63) is 120 Å². The van der Waals surface area contributed by atoms with E-state index in [0.29, 0.717) is 37.1 Å². The second-order valence-electron chi connectivity index (χ2n) is 8.60. The van der Waals surface area contributed by atoms with Gasteiger partial charge in [-0.1, -0.05) is 71.5 Å². The Morgan fingerprint density at radius 3 is 2.44 bits per heavy atom. The zero-order valence-electron chi connectivity index (χ0n) is 21.5. The molecule has 0 amide bonds. The van der Waals surface area contributed by atoms with E-state index in [1.54, 1.807) is 56.1 Å². The molecule has 0 aliphatic carbocycles. The van der Waals surface area contributed by atoms with Crippen LogP contribution in [0.3, 0.4) is 0 Å². The lowest BCUT2D eigenvalue weighted by molar-refractivity contribution is -0.138. The molecule has 0 fully saturated rings. The van der Waals surface area contributed by atoms with Crippen LogP contribution >= 0.6 is 22.9 Å². The normalized spacial score (nSPS) is 15.0. The van der Waals surface area contributed by atoms with Crippen LogP contribution in [0, 0.1) is 0 Å².